The van der Waals surface area contributed by atoms with Crippen LogP contribution >= 0.6 is 0 Å². The molecule has 2 aromatic rings. The second kappa shape index (κ2) is 7.11. The van der Waals surface area contributed by atoms with Crippen LogP contribution in [0.3, 0.4) is 0 Å². The number of allylic oxidation sites excluding steroid dienone is 1. The van der Waals surface area contributed by atoms with Gasteiger partial charge >= 0.3 is 0 Å². The van der Waals surface area contributed by atoms with Crippen molar-refractivity contribution in [3.63, 3.8) is 0 Å². The summed E-state index contributed by atoms with van der Waals surface area (Å²) in [6.45, 7) is 2.60. The summed E-state index contributed by atoms with van der Waals surface area (Å²) in [5.74, 6) is 1.25. The molecule has 2 heterocycles. The molecule has 2 heteroatoms. The van der Waals surface area contributed by atoms with Crippen molar-refractivity contribution < 1.29 is 4.74 Å². The van der Waals surface area contributed by atoms with Crippen molar-refractivity contribution in [2.24, 2.45) is 11.3 Å². The predicted molar refractivity (Wildman–Crippen MR) is 143 cm³/mol. The molecule has 2 nitrogen and oxygen atoms in total. The number of benzene rings is 2. The number of nitrogens with zero attached hydrogens (tertiary/aromatic N) is 1. The molecule has 182 valence electrons. The molecule has 2 bridgehead atoms. The van der Waals surface area contributed by atoms with E-state index in [4.69, 9.17) is 4.74 Å². The smallest absolute Gasteiger partial charge is 0.0974 e. The Bertz CT molecular complexity index is 1270. The second-order valence-corrected chi connectivity index (χ2v) is 13.1. The fourth-order valence-corrected chi connectivity index (χ4v) is 9.48. The van der Waals surface area contributed by atoms with Gasteiger partial charge in [-0.05, 0) is 116 Å². The lowest BCUT2D eigenvalue weighted by molar-refractivity contribution is -0.140. The van der Waals surface area contributed by atoms with Gasteiger partial charge in [-0.2, -0.15) is 0 Å². The molecule has 0 radical (unpaired) electrons. The molecular weight excluding hydrogens is 426 g/mol. The summed E-state index contributed by atoms with van der Waals surface area (Å²) < 4.78 is 7.53. The average molecular weight is 466 g/mol. The van der Waals surface area contributed by atoms with Crippen LogP contribution in [0.25, 0.3) is 10.8 Å². The van der Waals surface area contributed by atoms with Gasteiger partial charge in [-0.15, -0.1) is 0 Å². The van der Waals surface area contributed by atoms with Crippen molar-refractivity contribution >= 4 is 10.8 Å². The Morgan fingerprint density at radius 1 is 0.914 bits per heavy atom. The molecular formula is C33H39NO. The predicted octanol–water partition coefficient (Wildman–Crippen LogP) is 7.54. The first-order chi connectivity index (χ1) is 17.0. The Labute approximate surface area is 210 Å². The van der Waals surface area contributed by atoms with Gasteiger partial charge in [-0.3, -0.25) is 0 Å². The van der Waals surface area contributed by atoms with E-state index in [0.29, 0.717) is 17.9 Å². The number of rotatable bonds is 3. The highest BCUT2D eigenvalue weighted by atomic mass is 16.5. The Morgan fingerprint density at radius 3 is 2.63 bits per heavy atom. The zero-order chi connectivity index (χ0) is 23.4. The molecule has 35 heavy (non-hydrogen) atoms. The minimum absolute atomic E-state index is 0.0166. The first-order valence-corrected chi connectivity index (χ1v) is 14.3. The van der Waals surface area contributed by atoms with Gasteiger partial charge in [0.25, 0.3) is 0 Å². The Hall–Kier alpha value is -1.90. The molecule has 6 aliphatic rings. The number of fused-ring (bicyclic) bond motifs is 2. The summed E-state index contributed by atoms with van der Waals surface area (Å²) in [6.07, 6.45) is 18.1. The molecule has 4 aliphatic carbocycles. The molecule has 2 aromatic carbocycles. The molecule has 0 amide bonds. The van der Waals surface area contributed by atoms with Gasteiger partial charge < -0.3 is 9.64 Å². The summed E-state index contributed by atoms with van der Waals surface area (Å²) in [7, 11) is 2.38. The monoisotopic (exact) mass is 465 g/mol. The first-order valence-electron chi connectivity index (χ1n) is 14.3. The molecule has 0 N–H and O–H groups in total. The lowest BCUT2D eigenvalue weighted by Gasteiger charge is -2.55. The van der Waals surface area contributed by atoms with Gasteiger partial charge in [0.2, 0.25) is 0 Å². The van der Waals surface area contributed by atoms with Gasteiger partial charge in [-0.1, -0.05) is 61.5 Å². The van der Waals surface area contributed by atoms with Crippen LogP contribution in [0.1, 0.15) is 82.6 Å². The van der Waals surface area contributed by atoms with Crippen molar-refractivity contribution in [3.05, 3.63) is 71.3 Å². The van der Waals surface area contributed by atoms with Crippen LogP contribution in [0.2, 0.25) is 0 Å². The van der Waals surface area contributed by atoms with Gasteiger partial charge in [0.15, 0.2) is 0 Å². The van der Waals surface area contributed by atoms with E-state index in [9.17, 15) is 0 Å². The molecule has 4 fully saturated rings. The second-order valence-electron chi connectivity index (χ2n) is 13.1. The van der Waals surface area contributed by atoms with E-state index in [0.717, 1.165) is 6.04 Å². The van der Waals surface area contributed by atoms with Crippen LogP contribution in [0.5, 0.6) is 0 Å². The van der Waals surface area contributed by atoms with Gasteiger partial charge in [0.05, 0.1) is 11.2 Å². The largest absolute Gasteiger partial charge is 0.359 e. The van der Waals surface area contributed by atoms with Crippen LogP contribution in [0.4, 0.5) is 0 Å². The topological polar surface area (TPSA) is 12.5 Å². The standard InChI is InChI=1S/C33H39NO/c1-31-16-15-26-20-25-9-10-28(34(2)27-11-12-27)21-32(25)17-18-33(26,35-32)30(31)14-13-29(31)24-8-7-22-5-3-4-6-23(22)19-24/h3-8,15,19-20,27-30H,9-14,16-18,21H2,1-2H3/t28-,29+,30+,31+,32+,33+/m0/s1. The van der Waals surface area contributed by atoms with E-state index in [1.165, 1.54) is 75.0 Å². The Kier molecular flexibility index (Phi) is 4.31. The van der Waals surface area contributed by atoms with Crippen LogP contribution in [-0.2, 0) is 4.74 Å². The van der Waals surface area contributed by atoms with Crippen molar-refractivity contribution in [1.29, 1.82) is 0 Å². The zero-order valence-electron chi connectivity index (χ0n) is 21.4. The SMILES string of the molecule is CN(C1CC1)[C@H]1CCC2=CC3=CC[C@]4(C)[C@@H](c5ccc6ccccc6c5)CC[C@H]4[C@@]34CC[C@]2(C1)O4. The summed E-state index contributed by atoms with van der Waals surface area (Å²) in [5, 5.41) is 2.74. The minimum atomic E-state index is -0.0395. The average Bonchev–Trinajstić information content (AvgIpc) is 3.60. The third kappa shape index (κ3) is 2.85. The molecule has 6 atom stereocenters. The van der Waals surface area contributed by atoms with Crippen molar-refractivity contribution in [3.8, 4) is 0 Å². The zero-order valence-corrected chi connectivity index (χ0v) is 21.4. The van der Waals surface area contributed by atoms with Crippen molar-refractivity contribution in [2.75, 3.05) is 7.05 Å². The molecule has 1 saturated heterocycles. The third-order valence-corrected chi connectivity index (χ3v) is 11.5. The highest BCUT2D eigenvalue weighted by Gasteiger charge is 2.66. The van der Waals surface area contributed by atoms with E-state index < -0.39 is 0 Å². The highest BCUT2D eigenvalue weighted by Crippen LogP contribution is 2.69. The molecule has 2 aliphatic heterocycles. The van der Waals surface area contributed by atoms with E-state index in [1.54, 1.807) is 16.7 Å². The minimum Gasteiger partial charge on any atom is -0.359 e. The summed E-state index contributed by atoms with van der Waals surface area (Å²) >= 11 is 0. The van der Waals surface area contributed by atoms with Gasteiger partial charge in [0.1, 0.15) is 0 Å². The molecule has 2 spiro atoms. The number of hydrogen-bond acceptors (Lipinski definition) is 2. The maximum absolute atomic E-state index is 7.53. The summed E-state index contributed by atoms with van der Waals surface area (Å²) in [5.41, 5.74) is 4.98. The van der Waals surface area contributed by atoms with Crippen molar-refractivity contribution in [1.82, 2.24) is 4.90 Å². The molecule has 8 rings (SSSR count). The summed E-state index contributed by atoms with van der Waals surface area (Å²) in [4.78, 5) is 2.71. The van der Waals surface area contributed by atoms with Crippen LogP contribution in [0, 0.1) is 11.3 Å². The summed E-state index contributed by atoms with van der Waals surface area (Å²) in [6, 6.07) is 17.6. The Morgan fingerprint density at radius 2 is 1.77 bits per heavy atom. The quantitative estimate of drug-likeness (QED) is 0.464. The van der Waals surface area contributed by atoms with Gasteiger partial charge in [0, 0.05) is 12.1 Å². The maximum Gasteiger partial charge on any atom is 0.0974 e. The highest BCUT2D eigenvalue weighted by molar-refractivity contribution is 5.83. The van der Waals surface area contributed by atoms with E-state index >= 15 is 0 Å². The Balaban J connectivity index is 1.15. The fourth-order valence-electron chi connectivity index (χ4n) is 9.48. The molecule has 0 aromatic heterocycles. The van der Waals surface area contributed by atoms with Crippen LogP contribution in [0.15, 0.2) is 65.8 Å². The van der Waals surface area contributed by atoms with Crippen LogP contribution < -0.4 is 0 Å². The number of ether oxygens (including phenoxy) is 1. The molecule has 3 saturated carbocycles. The van der Waals surface area contributed by atoms with E-state index in [2.05, 4.69) is 73.5 Å². The molecule has 0 unspecified atom stereocenters. The van der Waals surface area contributed by atoms with Gasteiger partial charge in [-0.25, -0.2) is 0 Å². The number of hydrogen-bond donors (Lipinski definition) is 0. The normalized spacial score (nSPS) is 41.9. The third-order valence-electron chi connectivity index (χ3n) is 11.5. The van der Waals surface area contributed by atoms with E-state index in [1.807, 2.05) is 0 Å². The first kappa shape index (κ1) is 21.2. The lowest BCUT2D eigenvalue weighted by atomic mass is 9.58. The van der Waals surface area contributed by atoms with Crippen molar-refractivity contribution in [2.45, 2.75) is 100 Å². The van der Waals surface area contributed by atoms with E-state index in [-0.39, 0.29) is 16.6 Å². The lowest BCUT2D eigenvalue weighted by Crippen LogP contribution is -2.55. The fraction of sp³-hybridized carbons (Fsp3) is 0.576. The maximum atomic E-state index is 7.53. The van der Waals surface area contributed by atoms with Crippen LogP contribution in [-0.4, -0.2) is 35.2 Å².